The van der Waals surface area contributed by atoms with E-state index in [0.29, 0.717) is 30.5 Å². The molecule has 190 valence electrons. The fourth-order valence-corrected chi connectivity index (χ4v) is 4.29. The molecule has 0 radical (unpaired) electrons. The van der Waals surface area contributed by atoms with E-state index in [2.05, 4.69) is 10.7 Å². The first kappa shape index (κ1) is 26.5. The number of allylic oxidation sites excluding steroid dienone is 1. The predicted molar refractivity (Wildman–Crippen MR) is 122 cm³/mol. The summed E-state index contributed by atoms with van der Waals surface area (Å²) in [6, 6.07) is 6.78. The average molecular weight is 496 g/mol. The van der Waals surface area contributed by atoms with Crippen molar-refractivity contribution in [2.45, 2.75) is 59.2 Å². The van der Waals surface area contributed by atoms with E-state index in [1.54, 1.807) is 13.0 Å². The molecule has 0 unspecified atom stereocenters. The number of rotatable bonds is 6. The minimum Gasteiger partial charge on any atom is -0.455 e. The fourth-order valence-electron chi connectivity index (χ4n) is 4.29. The summed E-state index contributed by atoms with van der Waals surface area (Å²) < 4.78 is 58.7. The topological polar surface area (TPSA) is 74.6 Å². The van der Waals surface area contributed by atoms with Crippen LogP contribution < -0.4 is 10.7 Å². The van der Waals surface area contributed by atoms with E-state index in [0.717, 1.165) is 18.9 Å². The van der Waals surface area contributed by atoms with Crippen LogP contribution in [0.5, 0.6) is 0 Å². The normalized spacial score (nSPS) is 17.7. The maximum absolute atomic E-state index is 13.7. The van der Waals surface area contributed by atoms with Gasteiger partial charge < -0.3 is 9.73 Å². The second-order valence-electron chi connectivity index (χ2n) is 8.67. The highest BCUT2D eigenvalue weighted by Crippen LogP contribution is 2.37. The van der Waals surface area contributed by atoms with Crippen molar-refractivity contribution < 1.29 is 31.6 Å². The first-order valence-electron chi connectivity index (χ1n) is 11.5. The summed E-state index contributed by atoms with van der Waals surface area (Å²) in [7, 11) is 0. The van der Waals surface area contributed by atoms with Crippen molar-refractivity contribution in [3.8, 4) is 0 Å². The van der Waals surface area contributed by atoms with E-state index in [1.807, 2.05) is 6.92 Å². The Bertz CT molecular complexity index is 1110. The van der Waals surface area contributed by atoms with Crippen LogP contribution in [0, 0.1) is 18.7 Å². The SMILES string of the molecule is CCC[C@H]1CCCNN(Cc2cccc(F)c2)C(=O)C(C(=O)Nc2cc(C)oc2C(F)(F)F)=C1C. The van der Waals surface area contributed by atoms with Gasteiger partial charge in [0.15, 0.2) is 0 Å². The summed E-state index contributed by atoms with van der Waals surface area (Å²) in [6.07, 6.45) is -1.88. The highest BCUT2D eigenvalue weighted by atomic mass is 19.4. The Labute approximate surface area is 201 Å². The number of anilines is 1. The molecule has 1 aliphatic rings. The van der Waals surface area contributed by atoms with Crippen molar-refractivity contribution in [1.82, 2.24) is 10.4 Å². The molecule has 2 heterocycles. The molecule has 3 rings (SSSR count). The molecule has 1 aliphatic heterocycles. The van der Waals surface area contributed by atoms with Gasteiger partial charge in [-0.15, -0.1) is 0 Å². The van der Waals surface area contributed by atoms with Crippen molar-refractivity contribution in [2.24, 2.45) is 5.92 Å². The number of hydrazine groups is 1. The fraction of sp³-hybridized carbons (Fsp3) is 0.440. The maximum Gasteiger partial charge on any atom is 0.451 e. The molecule has 6 nitrogen and oxygen atoms in total. The lowest BCUT2D eigenvalue weighted by molar-refractivity contribution is -0.152. The minimum atomic E-state index is -4.82. The van der Waals surface area contributed by atoms with Crippen LogP contribution in [0.4, 0.5) is 23.2 Å². The molecule has 0 fully saturated rings. The van der Waals surface area contributed by atoms with E-state index >= 15 is 0 Å². The van der Waals surface area contributed by atoms with Crippen LogP contribution in [0.3, 0.4) is 0 Å². The Hall–Kier alpha value is -3.14. The molecule has 2 aromatic rings. The van der Waals surface area contributed by atoms with E-state index in [1.165, 1.54) is 30.1 Å². The largest absolute Gasteiger partial charge is 0.455 e. The smallest absolute Gasteiger partial charge is 0.451 e. The molecule has 2 N–H and O–H groups in total. The number of amides is 2. The molecule has 35 heavy (non-hydrogen) atoms. The lowest BCUT2D eigenvalue weighted by Gasteiger charge is -2.25. The van der Waals surface area contributed by atoms with Crippen molar-refractivity contribution in [2.75, 3.05) is 11.9 Å². The summed E-state index contributed by atoms with van der Waals surface area (Å²) in [5, 5.41) is 3.46. The number of nitrogens with zero attached hydrogens (tertiary/aromatic N) is 1. The second-order valence-corrected chi connectivity index (χ2v) is 8.67. The van der Waals surface area contributed by atoms with Gasteiger partial charge in [-0.2, -0.15) is 13.2 Å². The van der Waals surface area contributed by atoms with Gasteiger partial charge in [-0.05, 0) is 56.7 Å². The first-order valence-corrected chi connectivity index (χ1v) is 11.5. The number of nitrogens with one attached hydrogen (secondary N) is 2. The number of hydrogen-bond donors (Lipinski definition) is 2. The molecule has 1 aromatic heterocycles. The Morgan fingerprint density at radius 1 is 1.26 bits per heavy atom. The molecular formula is C25H29F4N3O3. The van der Waals surface area contributed by atoms with Crippen molar-refractivity contribution in [3.63, 3.8) is 0 Å². The number of halogens is 4. The van der Waals surface area contributed by atoms with Crippen molar-refractivity contribution in [3.05, 3.63) is 64.4 Å². The third-order valence-electron chi connectivity index (χ3n) is 5.95. The quantitative estimate of drug-likeness (QED) is 0.396. The zero-order chi connectivity index (χ0) is 25.8. The minimum absolute atomic E-state index is 0.0300. The molecule has 2 amide bonds. The lowest BCUT2D eigenvalue weighted by atomic mass is 9.87. The van der Waals surface area contributed by atoms with Gasteiger partial charge in [0.1, 0.15) is 17.2 Å². The molecule has 1 atom stereocenters. The molecule has 10 heteroatoms. The highest BCUT2D eigenvalue weighted by molar-refractivity contribution is 6.23. The van der Waals surface area contributed by atoms with Gasteiger partial charge >= 0.3 is 6.18 Å². The Morgan fingerprint density at radius 2 is 2.00 bits per heavy atom. The standard InChI is InChI=1S/C25H29F4N3O3/c1-4-7-18-9-6-11-30-32(14-17-8-5-10-19(26)13-17)24(34)21(16(18)3)23(33)31-20-12-15(2)35-22(20)25(27,28)29/h5,8,10,12-13,18,30H,4,6-7,9,11,14H2,1-3H3,(H,31,33)/t18-/m0/s1. The van der Waals surface area contributed by atoms with Gasteiger partial charge in [0, 0.05) is 12.6 Å². The van der Waals surface area contributed by atoms with Gasteiger partial charge in [0.2, 0.25) is 5.76 Å². The van der Waals surface area contributed by atoms with Gasteiger partial charge in [-0.1, -0.05) is 31.1 Å². The number of benzene rings is 1. The Morgan fingerprint density at radius 3 is 2.66 bits per heavy atom. The highest BCUT2D eigenvalue weighted by Gasteiger charge is 2.39. The number of furan rings is 1. The van der Waals surface area contributed by atoms with Crippen LogP contribution in [0.1, 0.15) is 56.6 Å². The van der Waals surface area contributed by atoms with Crippen LogP contribution in [0.2, 0.25) is 0 Å². The molecule has 0 saturated heterocycles. The van der Waals surface area contributed by atoms with Gasteiger partial charge in [0.05, 0.1) is 12.2 Å². The Balaban J connectivity index is 2.01. The average Bonchev–Trinajstić information content (AvgIpc) is 3.16. The molecule has 1 aromatic carbocycles. The van der Waals surface area contributed by atoms with Crippen LogP contribution in [-0.4, -0.2) is 23.4 Å². The van der Waals surface area contributed by atoms with E-state index < -0.39 is 35.3 Å². The number of aryl methyl sites for hydroxylation is 1. The monoisotopic (exact) mass is 495 g/mol. The van der Waals surface area contributed by atoms with Crippen LogP contribution in [0.25, 0.3) is 0 Å². The van der Waals surface area contributed by atoms with E-state index in [4.69, 9.17) is 4.42 Å². The third-order valence-corrected chi connectivity index (χ3v) is 5.95. The molecule has 0 aliphatic carbocycles. The van der Waals surface area contributed by atoms with Crippen LogP contribution in [-0.2, 0) is 22.3 Å². The van der Waals surface area contributed by atoms with Crippen LogP contribution in [0.15, 0.2) is 45.9 Å². The zero-order valence-electron chi connectivity index (χ0n) is 19.9. The summed E-state index contributed by atoms with van der Waals surface area (Å²) in [5.41, 5.74) is 3.22. The van der Waals surface area contributed by atoms with Gasteiger partial charge in [-0.25, -0.2) is 9.82 Å². The Kier molecular flexibility index (Phi) is 8.37. The van der Waals surface area contributed by atoms with Crippen molar-refractivity contribution >= 4 is 17.5 Å². The number of carbonyl (C=O) groups excluding carboxylic acids is 2. The van der Waals surface area contributed by atoms with E-state index in [-0.39, 0.29) is 23.8 Å². The molecule has 0 spiro atoms. The zero-order valence-corrected chi connectivity index (χ0v) is 19.9. The first-order chi connectivity index (χ1) is 16.5. The maximum atomic E-state index is 13.7. The molecule has 0 bridgehead atoms. The predicted octanol–water partition coefficient (Wildman–Crippen LogP) is 5.74. The number of hydrogen-bond acceptors (Lipinski definition) is 4. The van der Waals surface area contributed by atoms with Gasteiger partial charge in [0.25, 0.3) is 11.8 Å². The lowest BCUT2D eigenvalue weighted by Crippen LogP contribution is -2.45. The molecule has 0 saturated carbocycles. The van der Waals surface area contributed by atoms with Crippen LogP contribution >= 0.6 is 0 Å². The molecular weight excluding hydrogens is 466 g/mol. The van der Waals surface area contributed by atoms with Gasteiger partial charge in [-0.3, -0.25) is 14.6 Å². The summed E-state index contributed by atoms with van der Waals surface area (Å²) in [5.74, 6) is -3.57. The number of carbonyl (C=O) groups is 2. The third kappa shape index (κ3) is 6.50. The summed E-state index contributed by atoms with van der Waals surface area (Å²) >= 11 is 0. The van der Waals surface area contributed by atoms with Crippen molar-refractivity contribution in [1.29, 1.82) is 0 Å². The summed E-state index contributed by atoms with van der Waals surface area (Å²) in [6.45, 7) is 5.41. The summed E-state index contributed by atoms with van der Waals surface area (Å²) in [4.78, 5) is 27.0. The second kappa shape index (κ2) is 11.1. The van der Waals surface area contributed by atoms with E-state index in [9.17, 15) is 27.2 Å². The number of alkyl halides is 3.